The molecule has 1 saturated heterocycles. The van der Waals surface area contributed by atoms with Crippen LogP contribution in [0.1, 0.15) is 51.7 Å². The van der Waals surface area contributed by atoms with Gasteiger partial charge in [0.2, 0.25) is 0 Å². The monoisotopic (exact) mass is 478 g/mol. The predicted octanol–water partition coefficient (Wildman–Crippen LogP) is 1.51. The first-order valence-electron chi connectivity index (χ1n) is 9.66. The number of anilines is 1. The van der Waals surface area contributed by atoms with Crippen LogP contribution in [0.15, 0.2) is 29.9 Å². The van der Waals surface area contributed by atoms with Crippen molar-refractivity contribution in [3.63, 3.8) is 0 Å². The third kappa shape index (κ3) is 3.45. The molecule has 2 fully saturated rings. The molecule has 1 atom stereocenters. The molecule has 5 rings (SSSR count). The van der Waals surface area contributed by atoms with Crippen molar-refractivity contribution in [1.29, 1.82) is 0 Å². The quantitative estimate of drug-likeness (QED) is 0.469. The van der Waals surface area contributed by atoms with Gasteiger partial charge in [0, 0.05) is 0 Å². The van der Waals surface area contributed by atoms with Crippen LogP contribution < -0.4 is 32.3 Å². The fourth-order valence-corrected chi connectivity index (χ4v) is 6.57. The van der Waals surface area contributed by atoms with E-state index in [1.54, 1.807) is 5.56 Å². The van der Waals surface area contributed by atoms with Crippen molar-refractivity contribution in [3.05, 3.63) is 46.0 Å². The SMILES string of the molecule is NCCc1sc2c(NCC3=CC=CCC3)cc(C3C[I-]3)nc2c1C1CC1. The zero-order valence-corrected chi connectivity index (χ0v) is 17.9. The van der Waals surface area contributed by atoms with E-state index in [2.05, 4.69) is 29.6 Å². The van der Waals surface area contributed by atoms with Gasteiger partial charge in [0.1, 0.15) is 0 Å². The predicted molar refractivity (Wildman–Crippen MR) is 107 cm³/mol. The van der Waals surface area contributed by atoms with Gasteiger partial charge in [0.25, 0.3) is 0 Å². The molecule has 26 heavy (non-hydrogen) atoms. The van der Waals surface area contributed by atoms with Gasteiger partial charge in [0.15, 0.2) is 0 Å². The number of hydrogen-bond acceptors (Lipinski definition) is 4. The summed E-state index contributed by atoms with van der Waals surface area (Å²) in [5.74, 6) is 0.737. The Bertz CT molecular complexity index is 890. The van der Waals surface area contributed by atoms with Gasteiger partial charge in [-0.3, -0.25) is 0 Å². The zero-order chi connectivity index (χ0) is 17.5. The summed E-state index contributed by atoms with van der Waals surface area (Å²) >= 11 is 2.31. The molecule has 3 heterocycles. The molecule has 1 unspecified atom stereocenters. The second kappa shape index (κ2) is 7.24. The fourth-order valence-electron chi connectivity index (χ4n) is 3.76. The van der Waals surface area contributed by atoms with Crippen LogP contribution >= 0.6 is 11.3 Å². The molecular weight excluding hydrogens is 453 g/mol. The first kappa shape index (κ1) is 17.2. The van der Waals surface area contributed by atoms with Crippen molar-refractivity contribution in [2.75, 3.05) is 22.8 Å². The van der Waals surface area contributed by atoms with Gasteiger partial charge in [-0.25, -0.2) is 0 Å². The molecule has 5 heteroatoms. The Morgan fingerprint density at radius 3 is 2.92 bits per heavy atom. The van der Waals surface area contributed by atoms with Gasteiger partial charge < -0.3 is 0 Å². The summed E-state index contributed by atoms with van der Waals surface area (Å²) in [5.41, 5.74) is 12.9. The molecule has 1 aliphatic heterocycles. The van der Waals surface area contributed by atoms with Gasteiger partial charge >= 0.3 is 170 Å². The Morgan fingerprint density at radius 1 is 1.35 bits per heavy atom. The van der Waals surface area contributed by atoms with Crippen LogP contribution in [0, 0.1) is 0 Å². The standard InChI is InChI=1S/C21H25IN3S/c23-9-8-18-19(14-6-7-14)20-21(26-18)17(10-16(25-20)15-11-22-15)24-12-13-4-2-1-3-5-13/h1-2,4,10,14-15H,3,5-9,11-12,23H2,(H,24,25)/q-1. The molecule has 1 saturated carbocycles. The Balaban J connectivity index is 1.55. The fraction of sp³-hybridized carbons (Fsp3) is 0.476. The average molecular weight is 478 g/mol. The number of hydrogen-bond donors (Lipinski definition) is 2. The number of fused-ring (bicyclic) bond motifs is 1. The summed E-state index contributed by atoms with van der Waals surface area (Å²) in [5, 5.41) is 3.77. The number of nitrogens with two attached hydrogens (primary N) is 1. The molecule has 0 radical (unpaired) electrons. The van der Waals surface area contributed by atoms with E-state index in [1.165, 1.54) is 62.2 Å². The van der Waals surface area contributed by atoms with E-state index in [-0.39, 0.29) is 0 Å². The summed E-state index contributed by atoms with van der Waals surface area (Å²) in [7, 11) is 0. The van der Waals surface area contributed by atoms with E-state index in [0.717, 1.165) is 29.4 Å². The Morgan fingerprint density at radius 2 is 2.23 bits per heavy atom. The summed E-state index contributed by atoms with van der Waals surface area (Å²) in [6.45, 7) is 1.68. The summed E-state index contributed by atoms with van der Waals surface area (Å²) < 4.78 is 3.57. The third-order valence-electron chi connectivity index (χ3n) is 5.37. The third-order valence-corrected chi connectivity index (χ3v) is 9.05. The molecule has 2 aliphatic carbocycles. The maximum atomic E-state index is 5.92. The van der Waals surface area contributed by atoms with E-state index in [1.807, 2.05) is 11.3 Å². The second-order valence-electron chi connectivity index (χ2n) is 7.45. The molecule has 138 valence electrons. The molecule has 3 N–H and O–H groups in total. The summed E-state index contributed by atoms with van der Waals surface area (Å²) in [4.78, 5) is 6.68. The second-order valence-corrected chi connectivity index (χ2v) is 11.8. The van der Waals surface area contributed by atoms with Crippen molar-refractivity contribution in [3.8, 4) is 0 Å². The van der Waals surface area contributed by atoms with Gasteiger partial charge in [-0.15, -0.1) is 0 Å². The van der Waals surface area contributed by atoms with Gasteiger partial charge in [0.05, 0.1) is 0 Å². The maximum absolute atomic E-state index is 5.92. The van der Waals surface area contributed by atoms with Crippen LogP contribution in [0.2, 0.25) is 0 Å². The molecular formula is C21H25IN3S-. The summed E-state index contributed by atoms with van der Waals surface area (Å²) in [6, 6.07) is 2.36. The van der Waals surface area contributed by atoms with Crippen LogP contribution in [0.5, 0.6) is 0 Å². The minimum absolute atomic E-state index is 0.366. The van der Waals surface area contributed by atoms with E-state index < -0.39 is 0 Å². The van der Waals surface area contributed by atoms with Crippen molar-refractivity contribution >= 4 is 27.2 Å². The first-order chi connectivity index (χ1) is 12.8. The Kier molecular flexibility index (Phi) is 4.79. The number of nitrogens with one attached hydrogen (secondary N) is 1. The van der Waals surface area contributed by atoms with Crippen molar-refractivity contribution in [2.45, 2.75) is 41.9 Å². The van der Waals surface area contributed by atoms with Gasteiger partial charge in [-0.1, -0.05) is 0 Å². The number of allylic oxidation sites excluding steroid dienone is 3. The molecule has 0 spiro atoms. The van der Waals surface area contributed by atoms with Crippen LogP contribution in [0.4, 0.5) is 5.69 Å². The number of nitrogens with zero attached hydrogens (tertiary/aromatic N) is 1. The Labute approximate surface area is 169 Å². The average Bonchev–Trinajstić information content (AvgIpc) is 3.58. The number of thiophene rings is 1. The van der Waals surface area contributed by atoms with E-state index in [9.17, 15) is 0 Å². The molecule has 3 aliphatic rings. The normalized spacial score (nSPS) is 22.2. The van der Waals surface area contributed by atoms with Crippen molar-refractivity contribution in [2.24, 2.45) is 5.73 Å². The van der Waals surface area contributed by atoms with Crippen molar-refractivity contribution < 1.29 is 21.2 Å². The van der Waals surface area contributed by atoms with Crippen LogP contribution in [-0.2, 0) is 6.42 Å². The van der Waals surface area contributed by atoms with E-state index in [4.69, 9.17) is 10.7 Å². The number of alkyl halides is 2. The molecule has 0 aromatic carbocycles. The van der Waals surface area contributed by atoms with Gasteiger partial charge in [-0.05, 0) is 0 Å². The molecule has 3 nitrogen and oxygen atoms in total. The molecule has 2 aromatic rings. The molecule has 2 aromatic heterocycles. The first-order valence-corrected chi connectivity index (χ1v) is 13.2. The van der Waals surface area contributed by atoms with Crippen LogP contribution in [0.25, 0.3) is 10.2 Å². The Hall–Kier alpha value is -0.920. The van der Waals surface area contributed by atoms with Crippen molar-refractivity contribution in [1.82, 2.24) is 4.98 Å². The number of pyridine rings is 1. The van der Waals surface area contributed by atoms with Crippen LogP contribution in [0.3, 0.4) is 0 Å². The molecule has 0 amide bonds. The summed E-state index contributed by atoms with van der Waals surface area (Å²) in [6.07, 6.45) is 12.7. The molecule has 0 bridgehead atoms. The van der Waals surface area contributed by atoms with E-state index in [0.29, 0.717) is 21.2 Å². The number of aromatic nitrogens is 1. The number of rotatable bonds is 7. The topological polar surface area (TPSA) is 50.9 Å². The van der Waals surface area contributed by atoms with Gasteiger partial charge in [-0.2, -0.15) is 0 Å². The number of halogens is 1. The van der Waals surface area contributed by atoms with E-state index >= 15 is 0 Å². The minimum atomic E-state index is 0.366. The zero-order valence-electron chi connectivity index (χ0n) is 14.9. The van der Waals surface area contributed by atoms with Crippen LogP contribution in [-0.4, -0.2) is 22.5 Å².